The number of nitrogens with one attached hydrogen (secondary N) is 1. The summed E-state index contributed by atoms with van der Waals surface area (Å²) in [6.45, 7) is 4.06. The Balaban J connectivity index is 1.55. The second kappa shape index (κ2) is 7.83. The zero-order valence-corrected chi connectivity index (χ0v) is 15.4. The molecule has 1 amide bonds. The van der Waals surface area contributed by atoms with Crippen molar-refractivity contribution in [2.45, 2.75) is 52.2 Å². The maximum Gasteiger partial charge on any atom is 0.340 e. The molecule has 25 heavy (non-hydrogen) atoms. The van der Waals surface area contributed by atoms with Crippen LogP contribution in [-0.4, -0.2) is 18.0 Å². The van der Waals surface area contributed by atoms with Gasteiger partial charge in [0.1, 0.15) is 0 Å². The highest BCUT2D eigenvalue weighted by Gasteiger charge is 2.24. The average Bonchev–Trinajstić information content (AvgIpc) is 3.05. The number of benzene rings is 1. The van der Waals surface area contributed by atoms with Crippen LogP contribution in [0, 0.1) is 6.92 Å². The molecule has 0 saturated heterocycles. The number of aryl methyl sites for hydroxylation is 2. The van der Waals surface area contributed by atoms with E-state index in [0.717, 1.165) is 30.4 Å². The molecule has 1 aliphatic carbocycles. The van der Waals surface area contributed by atoms with E-state index in [-0.39, 0.29) is 5.91 Å². The smallest absolute Gasteiger partial charge is 0.340 e. The Morgan fingerprint density at radius 2 is 1.92 bits per heavy atom. The molecule has 132 valence electrons. The van der Waals surface area contributed by atoms with E-state index in [0.29, 0.717) is 12.1 Å². The lowest BCUT2D eigenvalue weighted by Crippen LogP contribution is -2.35. The summed E-state index contributed by atoms with van der Waals surface area (Å²) >= 11 is 1.62. The van der Waals surface area contributed by atoms with E-state index in [2.05, 4.69) is 5.32 Å². The lowest BCUT2D eigenvalue weighted by molar-refractivity contribution is -0.129. The summed E-state index contributed by atoms with van der Waals surface area (Å²) in [7, 11) is 0. The third kappa shape index (κ3) is 4.28. The first-order valence-electron chi connectivity index (χ1n) is 8.68. The van der Waals surface area contributed by atoms with Crippen molar-refractivity contribution in [2.24, 2.45) is 0 Å². The van der Waals surface area contributed by atoms with Gasteiger partial charge in [-0.3, -0.25) is 4.79 Å². The Morgan fingerprint density at radius 1 is 1.20 bits per heavy atom. The van der Waals surface area contributed by atoms with Crippen LogP contribution in [0.2, 0.25) is 0 Å². The zero-order valence-electron chi connectivity index (χ0n) is 14.6. The summed E-state index contributed by atoms with van der Waals surface area (Å²) in [6.07, 6.45) is 3.45. The minimum Gasteiger partial charge on any atom is -0.449 e. The van der Waals surface area contributed by atoms with Gasteiger partial charge in [-0.05, 0) is 50.7 Å². The van der Waals surface area contributed by atoms with Crippen LogP contribution < -0.4 is 5.32 Å². The van der Waals surface area contributed by atoms with Gasteiger partial charge in [-0.15, -0.1) is 11.3 Å². The molecule has 1 N–H and O–H groups in total. The standard InChI is InChI=1S/C20H23NO3S/c1-13-7-9-15(10-8-13)11-21-19(22)14(2)24-20(23)17-12-25-18-6-4-3-5-16(17)18/h7-10,12,14H,3-6,11H2,1-2H3,(H,21,22)/t14-/m1/s1. The van der Waals surface area contributed by atoms with Crippen molar-refractivity contribution in [3.8, 4) is 0 Å². The molecule has 0 spiro atoms. The zero-order chi connectivity index (χ0) is 17.8. The quantitative estimate of drug-likeness (QED) is 0.828. The topological polar surface area (TPSA) is 55.4 Å². The fourth-order valence-electron chi connectivity index (χ4n) is 2.98. The van der Waals surface area contributed by atoms with Crippen LogP contribution in [0.3, 0.4) is 0 Å². The number of carbonyl (C=O) groups is 2. The highest BCUT2D eigenvalue weighted by Crippen LogP contribution is 2.30. The lowest BCUT2D eigenvalue weighted by atomic mass is 9.96. The first-order chi connectivity index (χ1) is 12.0. The Kier molecular flexibility index (Phi) is 5.53. The van der Waals surface area contributed by atoms with Crippen LogP contribution in [0.1, 0.15) is 51.7 Å². The second-order valence-electron chi connectivity index (χ2n) is 6.51. The van der Waals surface area contributed by atoms with Gasteiger partial charge in [0.05, 0.1) is 5.56 Å². The molecule has 1 aliphatic rings. The minimum absolute atomic E-state index is 0.280. The third-order valence-corrected chi connectivity index (χ3v) is 5.61. The summed E-state index contributed by atoms with van der Waals surface area (Å²) in [6, 6.07) is 7.96. The van der Waals surface area contributed by atoms with Crippen molar-refractivity contribution < 1.29 is 14.3 Å². The largest absolute Gasteiger partial charge is 0.449 e. The SMILES string of the molecule is Cc1ccc(CNC(=O)[C@@H](C)OC(=O)c2csc3c2CCCC3)cc1. The van der Waals surface area contributed by atoms with E-state index < -0.39 is 12.1 Å². The number of fused-ring (bicyclic) bond motifs is 1. The third-order valence-electron chi connectivity index (χ3n) is 4.52. The van der Waals surface area contributed by atoms with Gasteiger partial charge in [0.2, 0.25) is 0 Å². The van der Waals surface area contributed by atoms with Gasteiger partial charge in [0.25, 0.3) is 5.91 Å². The number of ether oxygens (including phenoxy) is 1. The van der Waals surface area contributed by atoms with E-state index in [4.69, 9.17) is 4.74 Å². The number of carbonyl (C=O) groups excluding carboxylic acids is 2. The molecule has 1 atom stereocenters. The lowest BCUT2D eigenvalue weighted by Gasteiger charge is -2.15. The van der Waals surface area contributed by atoms with E-state index >= 15 is 0 Å². The van der Waals surface area contributed by atoms with E-state index in [1.165, 1.54) is 16.9 Å². The van der Waals surface area contributed by atoms with Crippen molar-refractivity contribution in [3.63, 3.8) is 0 Å². The van der Waals surface area contributed by atoms with Crippen molar-refractivity contribution in [2.75, 3.05) is 0 Å². The molecule has 0 fully saturated rings. The van der Waals surface area contributed by atoms with Crippen LogP contribution in [0.15, 0.2) is 29.6 Å². The molecule has 1 aromatic carbocycles. The summed E-state index contributed by atoms with van der Waals surface area (Å²) in [5, 5.41) is 4.69. The van der Waals surface area contributed by atoms with Gasteiger partial charge in [-0.2, -0.15) is 0 Å². The summed E-state index contributed by atoms with van der Waals surface area (Å²) < 4.78 is 5.39. The fourth-order valence-corrected chi connectivity index (χ4v) is 4.10. The van der Waals surface area contributed by atoms with Gasteiger partial charge in [-0.25, -0.2) is 4.79 Å². The van der Waals surface area contributed by atoms with E-state index in [9.17, 15) is 9.59 Å². The molecule has 0 bridgehead atoms. The van der Waals surface area contributed by atoms with E-state index in [1.54, 1.807) is 18.3 Å². The van der Waals surface area contributed by atoms with Crippen molar-refractivity contribution >= 4 is 23.2 Å². The monoisotopic (exact) mass is 357 g/mol. The van der Waals surface area contributed by atoms with Crippen LogP contribution in [0.5, 0.6) is 0 Å². The predicted molar refractivity (Wildman–Crippen MR) is 98.9 cm³/mol. The molecule has 5 heteroatoms. The first-order valence-corrected chi connectivity index (χ1v) is 9.56. The molecular weight excluding hydrogens is 334 g/mol. The van der Waals surface area contributed by atoms with Crippen LogP contribution in [0.25, 0.3) is 0 Å². The summed E-state index contributed by atoms with van der Waals surface area (Å²) in [5.74, 6) is -0.671. The molecule has 0 radical (unpaired) electrons. The number of hydrogen-bond donors (Lipinski definition) is 1. The Bertz CT molecular complexity index is 764. The average molecular weight is 357 g/mol. The van der Waals surface area contributed by atoms with Gasteiger partial charge < -0.3 is 10.1 Å². The number of esters is 1. The normalized spacial score (nSPS) is 14.5. The molecule has 4 nitrogen and oxygen atoms in total. The van der Waals surface area contributed by atoms with Crippen molar-refractivity contribution in [3.05, 3.63) is 56.8 Å². The van der Waals surface area contributed by atoms with Crippen LogP contribution in [0.4, 0.5) is 0 Å². The minimum atomic E-state index is -0.808. The molecule has 0 saturated carbocycles. The van der Waals surface area contributed by atoms with Gasteiger partial charge in [-0.1, -0.05) is 29.8 Å². The number of thiophene rings is 1. The Hall–Kier alpha value is -2.14. The van der Waals surface area contributed by atoms with E-state index in [1.807, 2.05) is 36.6 Å². The molecule has 0 unspecified atom stereocenters. The molecule has 0 aliphatic heterocycles. The molecule has 2 aromatic rings. The maximum atomic E-state index is 12.4. The number of hydrogen-bond acceptors (Lipinski definition) is 4. The highest BCUT2D eigenvalue weighted by atomic mass is 32.1. The van der Waals surface area contributed by atoms with Crippen molar-refractivity contribution in [1.29, 1.82) is 0 Å². The Labute approximate surface area is 152 Å². The maximum absolute atomic E-state index is 12.4. The highest BCUT2D eigenvalue weighted by molar-refractivity contribution is 7.10. The first kappa shape index (κ1) is 17.7. The van der Waals surface area contributed by atoms with Gasteiger partial charge in [0.15, 0.2) is 6.10 Å². The molecular formula is C20H23NO3S. The predicted octanol–water partition coefficient (Wildman–Crippen LogP) is 3.80. The summed E-state index contributed by atoms with van der Waals surface area (Å²) in [4.78, 5) is 25.9. The van der Waals surface area contributed by atoms with Gasteiger partial charge in [0, 0.05) is 16.8 Å². The Morgan fingerprint density at radius 3 is 2.68 bits per heavy atom. The van der Waals surface area contributed by atoms with Gasteiger partial charge >= 0.3 is 5.97 Å². The molecule has 1 heterocycles. The molecule has 1 aromatic heterocycles. The van der Waals surface area contributed by atoms with Crippen LogP contribution >= 0.6 is 11.3 Å². The van der Waals surface area contributed by atoms with Crippen molar-refractivity contribution in [1.82, 2.24) is 5.32 Å². The second-order valence-corrected chi connectivity index (χ2v) is 7.47. The summed E-state index contributed by atoms with van der Waals surface area (Å²) in [5.41, 5.74) is 3.95. The number of rotatable bonds is 5. The van der Waals surface area contributed by atoms with Crippen LogP contribution in [-0.2, 0) is 28.9 Å². The fraction of sp³-hybridized carbons (Fsp3) is 0.400. The molecule has 3 rings (SSSR count). The number of amides is 1.